The molecule has 3 heteroatoms. The van der Waals surface area contributed by atoms with Crippen LogP contribution >= 0.6 is 11.6 Å². The maximum Gasteiger partial charge on any atom is 0.0224 e. The molecule has 0 amide bonds. The van der Waals surface area contributed by atoms with Gasteiger partial charge in [0, 0.05) is 24.7 Å². The Balaban J connectivity index is 2.50. The van der Waals surface area contributed by atoms with Crippen molar-refractivity contribution in [2.24, 2.45) is 11.7 Å². The first-order valence-corrected chi connectivity index (χ1v) is 6.34. The van der Waals surface area contributed by atoms with Crippen molar-refractivity contribution in [2.45, 2.75) is 39.2 Å². The van der Waals surface area contributed by atoms with Crippen LogP contribution in [0.15, 0.2) is 11.1 Å². The third-order valence-electron chi connectivity index (χ3n) is 3.43. The molecule has 0 bridgehead atoms. The van der Waals surface area contributed by atoms with Crippen molar-refractivity contribution in [2.75, 3.05) is 19.6 Å². The summed E-state index contributed by atoms with van der Waals surface area (Å²) >= 11 is 5.70. The summed E-state index contributed by atoms with van der Waals surface area (Å²) in [5, 5.41) is 0. The van der Waals surface area contributed by atoms with Gasteiger partial charge in [0.15, 0.2) is 0 Å². The maximum absolute atomic E-state index is 5.83. The Morgan fingerprint density at radius 1 is 1.60 bits per heavy atom. The quantitative estimate of drug-likeness (QED) is 0.805. The van der Waals surface area contributed by atoms with Crippen LogP contribution in [0, 0.1) is 5.92 Å². The molecule has 1 fully saturated rings. The van der Waals surface area contributed by atoms with Crippen LogP contribution in [0.5, 0.6) is 0 Å². The van der Waals surface area contributed by atoms with E-state index >= 15 is 0 Å². The van der Waals surface area contributed by atoms with Crippen LogP contribution in [-0.4, -0.2) is 30.6 Å². The van der Waals surface area contributed by atoms with Crippen LogP contribution in [-0.2, 0) is 0 Å². The average Bonchev–Trinajstić information content (AvgIpc) is 2.29. The summed E-state index contributed by atoms with van der Waals surface area (Å²) < 4.78 is 0. The van der Waals surface area contributed by atoms with Gasteiger partial charge in [-0.1, -0.05) is 24.9 Å². The Kier molecular flexibility index (Phi) is 5.65. The normalized spacial score (nSPS) is 29.5. The molecule has 1 aliphatic heterocycles. The monoisotopic (exact) mass is 230 g/mol. The molecule has 2 nitrogen and oxygen atoms in total. The van der Waals surface area contributed by atoms with Gasteiger partial charge in [-0.25, -0.2) is 0 Å². The van der Waals surface area contributed by atoms with Crippen molar-refractivity contribution in [1.29, 1.82) is 0 Å². The number of nitrogens with zero attached hydrogens (tertiary/aromatic N) is 1. The number of halogens is 1. The van der Waals surface area contributed by atoms with Gasteiger partial charge in [0.1, 0.15) is 0 Å². The predicted octanol–water partition coefficient (Wildman–Crippen LogP) is 2.58. The fourth-order valence-electron chi connectivity index (χ4n) is 2.36. The lowest BCUT2D eigenvalue weighted by atomic mass is 9.88. The third kappa shape index (κ3) is 3.78. The van der Waals surface area contributed by atoms with E-state index in [9.17, 15) is 0 Å². The van der Waals surface area contributed by atoms with E-state index in [1.54, 1.807) is 5.54 Å². The summed E-state index contributed by atoms with van der Waals surface area (Å²) in [5.74, 6) is 0.870. The zero-order valence-electron chi connectivity index (χ0n) is 9.88. The van der Waals surface area contributed by atoms with E-state index < -0.39 is 0 Å². The molecule has 2 unspecified atom stereocenters. The minimum absolute atomic E-state index is 0.551. The molecule has 1 rings (SSSR count). The van der Waals surface area contributed by atoms with Gasteiger partial charge in [-0.2, -0.15) is 0 Å². The molecule has 15 heavy (non-hydrogen) atoms. The zero-order chi connectivity index (χ0) is 11.3. The molecule has 0 aromatic rings. The molecule has 0 spiro atoms. The molecule has 1 heterocycles. The van der Waals surface area contributed by atoms with Crippen LogP contribution in [0.3, 0.4) is 0 Å². The van der Waals surface area contributed by atoms with E-state index in [1.165, 1.54) is 31.4 Å². The number of hydrogen-bond donors (Lipinski definition) is 1. The standard InChI is InChI=1S/C12H23ClN2/c1-3-11-4-5-15(9-10(2)7-13)12(6-11)8-14/h7,11-12H,3-6,8-9,14H2,1-2H3. The van der Waals surface area contributed by atoms with Crippen molar-refractivity contribution in [3.63, 3.8) is 0 Å². The first kappa shape index (κ1) is 13.0. The molecule has 1 aliphatic rings. The van der Waals surface area contributed by atoms with E-state index in [0.717, 1.165) is 19.0 Å². The van der Waals surface area contributed by atoms with E-state index in [4.69, 9.17) is 17.3 Å². The highest BCUT2D eigenvalue weighted by Crippen LogP contribution is 2.25. The number of nitrogens with two attached hydrogens (primary N) is 1. The molecule has 2 N–H and O–H groups in total. The Labute approximate surface area is 98.5 Å². The summed E-state index contributed by atoms with van der Waals surface area (Å²) in [4.78, 5) is 2.47. The van der Waals surface area contributed by atoms with Crippen molar-refractivity contribution in [3.05, 3.63) is 11.1 Å². The van der Waals surface area contributed by atoms with Crippen molar-refractivity contribution >= 4 is 11.6 Å². The highest BCUT2D eigenvalue weighted by atomic mass is 35.5. The highest BCUT2D eigenvalue weighted by Gasteiger charge is 2.26. The van der Waals surface area contributed by atoms with Crippen molar-refractivity contribution in [3.8, 4) is 0 Å². The van der Waals surface area contributed by atoms with E-state index in [-0.39, 0.29) is 0 Å². The summed E-state index contributed by atoms with van der Waals surface area (Å²) in [6, 6.07) is 0.551. The van der Waals surface area contributed by atoms with Gasteiger partial charge in [-0.05, 0) is 37.8 Å². The lowest BCUT2D eigenvalue weighted by molar-refractivity contribution is 0.125. The van der Waals surface area contributed by atoms with Crippen LogP contribution < -0.4 is 5.73 Å². The summed E-state index contributed by atoms with van der Waals surface area (Å²) in [6.45, 7) is 7.26. The fourth-order valence-corrected chi connectivity index (χ4v) is 2.43. The molecule has 2 atom stereocenters. The smallest absolute Gasteiger partial charge is 0.0224 e. The largest absolute Gasteiger partial charge is 0.329 e. The van der Waals surface area contributed by atoms with Gasteiger partial charge < -0.3 is 5.73 Å². The van der Waals surface area contributed by atoms with E-state index in [1.807, 2.05) is 0 Å². The second-order valence-corrected chi connectivity index (χ2v) is 4.83. The van der Waals surface area contributed by atoms with Crippen LogP contribution in [0.4, 0.5) is 0 Å². The molecule has 0 saturated carbocycles. The molecule has 88 valence electrons. The average molecular weight is 231 g/mol. The van der Waals surface area contributed by atoms with E-state index in [2.05, 4.69) is 18.7 Å². The lowest BCUT2D eigenvalue weighted by Crippen LogP contribution is -2.47. The summed E-state index contributed by atoms with van der Waals surface area (Å²) in [6.07, 6.45) is 3.85. The Morgan fingerprint density at radius 2 is 2.33 bits per heavy atom. The molecule has 0 aromatic carbocycles. The molecule has 0 aliphatic carbocycles. The fraction of sp³-hybridized carbons (Fsp3) is 0.833. The minimum atomic E-state index is 0.551. The van der Waals surface area contributed by atoms with E-state index in [0.29, 0.717) is 6.04 Å². The summed E-state index contributed by atoms with van der Waals surface area (Å²) in [7, 11) is 0. The first-order chi connectivity index (χ1) is 7.21. The van der Waals surface area contributed by atoms with Gasteiger partial charge in [0.05, 0.1) is 0 Å². The van der Waals surface area contributed by atoms with Gasteiger partial charge in [0.2, 0.25) is 0 Å². The minimum Gasteiger partial charge on any atom is -0.329 e. The molecule has 0 aromatic heterocycles. The van der Waals surface area contributed by atoms with Gasteiger partial charge >= 0.3 is 0 Å². The molecule has 0 radical (unpaired) electrons. The second kappa shape index (κ2) is 6.51. The first-order valence-electron chi connectivity index (χ1n) is 5.91. The topological polar surface area (TPSA) is 29.3 Å². The molecular weight excluding hydrogens is 208 g/mol. The zero-order valence-corrected chi connectivity index (χ0v) is 10.6. The third-order valence-corrected chi connectivity index (χ3v) is 3.81. The van der Waals surface area contributed by atoms with Crippen LogP contribution in [0.2, 0.25) is 0 Å². The summed E-state index contributed by atoms with van der Waals surface area (Å²) in [5.41, 5.74) is 8.74. The lowest BCUT2D eigenvalue weighted by Gasteiger charge is -2.39. The Hall–Kier alpha value is -0.0500. The van der Waals surface area contributed by atoms with Gasteiger partial charge in [0.25, 0.3) is 0 Å². The van der Waals surface area contributed by atoms with Crippen LogP contribution in [0.25, 0.3) is 0 Å². The predicted molar refractivity (Wildman–Crippen MR) is 67.0 cm³/mol. The Bertz CT molecular complexity index is 216. The number of piperidine rings is 1. The number of rotatable bonds is 4. The van der Waals surface area contributed by atoms with Crippen molar-refractivity contribution < 1.29 is 0 Å². The van der Waals surface area contributed by atoms with Gasteiger partial charge in [-0.15, -0.1) is 0 Å². The van der Waals surface area contributed by atoms with Crippen molar-refractivity contribution in [1.82, 2.24) is 4.90 Å². The Morgan fingerprint density at radius 3 is 2.87 bits per heavy atom. The number of hydrogen-bond acceptors (Lipinski definition) is 2. The number of likely N-dealkylation sites (tertiary alicyclic amines) is 1. The SMILES string of the molecule is CCC1CCN(CC(C)=CCl)C(CN)C1. The highest BCUT2D eigenvalue weighted by molar-refractivity contribution is 6.25. The molecule has 1 saturated heterocycles. The van der Waals surface area contributed by atoms with Gasteiger partial charge in [-0.3, -0.25) is 4.90 Å². The van der Waals surface area contributed by atoms with Crippen LogP contribution in [0.1, 0.15) is 33.1 Å². The molecular formula is C12H23ClN2. The maximum atomic E-state index is 5.83. The second-order valence-electron chi connectivity index (χ2n) is 4.61.